The summed E-state index contributed by atoms with van der Waals surface area (Å²) >= 11 is 0. The molecular formula is C20H29FN2O3. The lowest BCUT2D eigenvalue weighted by molar-refractivity contribution is -0.143. The highest BCUT2D eigenvalue weighted by Gasteiger charge is 2.24. The van der Waals surface area contributed by atoms with Crippen LogP contribution >= 0.6 is 0 Å². The first-order chi connectivity index (χ1) is 12.5. The van der Waals surface area contributed by atoms with Gasteiger partial charge in [0.25, 0.3) is 0 Å². The molecule has 1 aromatic carbocycles. The van der Waals surface area contributed by atoms with Gasteiger partial charge in [-0.25, -0.2) is 4.39 Å². The smallest absolute Gasteiger partial charge is 0.308 e. The molecule has 6 heteroatoms. The van der Waals surface area contributed by atoms with Crippen molar-refractivity contribution in [3.63, 3.8) is 0 Å². The molecule has 0 saturated carbocycles. The lowest BCUT2D eigenvalue weighted by Crippen LogP contribution is -2.36. The second-order valence-electron chi connectivity index (χ2n) is 6.97. The summed E-state index contributed by atoms with van der Waals surface area (Å²) < 4.78 is 18.2. The Labute approximate surface area is 154 Å². The molecule has 1 amide bonds. The minimum atomic E-state index is -0.515. The molecule has 3 unspecified atom stereocenters. The number of halogens is 1. The lowest BCUT2D eigenvalue weighted by Gasteiger charge is -2.28. The molecule has 3 atom stereocenters. The van der Waals surface area contributed by atoms with Crippen molar-refractivity contribution in [2.24, 2.45) is 11.8 Å². The quantitative estimate of drug-likeness (QED) is 0.696. The van der Waals surface area contributed by atoms with Gasteiger partial charge in [-0.3, -0.25) is 9.59 Å². The number of hydrogen-bond acceptors (Lipinski definition) is 4. The van der Waals surface area contributed by atoms with Crippen LogP contribution in [-0.4, -0.2) is 31.6 Å². The van der Waals surface area contributed by atoms with Gasteiger partial charge in [0.1, 0.15) is 5.82 Å². The highest BCUT2D eigenvalue weighted by molar-refractivity contribution is 5.78. The molecule has 144 valence electrons. The molecule has 2 N–H and O–H groups in total. The zero-order valence-corrected chi connectivity index (χ0v) is 15.6. The molecule has 1 fully saturated rings. The first-order valence-electron chi connectivity index (χ1n) is 9.40. The van der Waals surface area contributed by atoms with Crippen LogP contribution in [0.3, 0.4) is 0 Å². The van der Waals surface area contributed by atoms with Crippen molar-refractivity contribution in [2.45, 2.75) is 45.6 Å². The number of carbonyl (C=O) groups is 2. The number of carbonyl (C=O) groups excluding carboxylic acids is 2. The fraction of sp³-hybridized carbons (Fsp3) is 0.600. The van der Waals surface area contributed by atoms with E-state index in [-0.39, 0.29) is 36.6 Å². The highest BCUT2D eigenvalue weighted by Crippen LogP contribution is 2.24. The zero-order chi connectivity index (χ0) is 18.9. The number of benzene rings is 1. The summed E-state index contributed by atoms with van der Waals surface area (Å²) in [6, 6.07) is 5.33. The van der Waals surface area contributed by atoms with Crippen molar-refractivity contribution in [3.8, 4) is 0 Å². The summed E-state index contributed by atoms with van der Waals surface area (Å²) in [5.41, 5.74) is 0.694. The molecule has 1 saturated heterocycles. The van der Waals surface area contributed by atoms with Crippen molar-refractivity contribution in [1.29, 1.82) is 0 Å². The SMILES string of the molecule is CCOC(=O)CC(NC(=O)CC(C)C1CCCNC1)c1ccc(F)cc1. The Morgan fingerprint density at radius 3 is 2.65 bits per heavy atom. The fourth-order valence-electron chi connectivity index (χ4n) is 3.41. The van der Waals surface area contributed by atoms with Crippen molar-refractivity contribution < 1.29 is 18.7 Å². The first-order valence-corrected chi connectivity index (χ1v) is 9.40. The standard InChI is InChI=1S/C20H29FN2O3/c1-3-26-20(25)12-18(15-6-8-17(21)9-7-15)23-19(24)11-14(2)16-5-4-10-22-13-16/h6-9,14,16,18,22H,3-5,10-13H2,1-2H3,(H,23,24). The molecule has 1 heterocycles. The summed E-state index contributed by atoms with van der Waals surface area (Å²) in [7, 11) is 0. The Morgan fingerprint density at radius 2 is 2.04 bits per heavy atom. The van der Waals surface area contributed by atoms with E-state index in [1.54, 1.807) is 19.1 Å². The van der Waals surface area contributed by atoms with Crippen LogP contribution < -0.4 is 10.6 Å². The Morgan fingerprint density at radius 1 is 1.31 bits per heavy atom. The molecule has 5 nitrogen and oxygen atoms in total. The van der Waals surface area contributed by atoms with Crippen LogP contribution in [0, 0.1) is 17.7 Å². The van der Waals surface area contributed by atoms with Crippen molar-refractivity contribution in [3.05, 3.63) is 35.6 Å². The Bertz CT molecular complexity index is 585. The van der Waals surface area contributed by atoms with Gasteiger partial charge in [0.2, 0.25) is 5.91 Å². The van der Waals surface area contributed by atoms with Crippen LogP contribution in [0.2, 0.25) is 0 Å². The minimum absolute atomic E-state index is 0.0323. The summed E-state index contributed by atoms with van der Waals surface area (Å²) in [5.74, 6) is -0.0789. The summed E-state index contributed by atoms with van der Waals surface area (Å²) in [5, 5.41) is 6.30. The second-order valence-corrected chi connectivity index (χ2v) is 6.97. The third-order valence-corrected chi connectivity index (χ3v) is 4.93. The van der Waals surface area contributed by atoms with E-state index in [1.807, 2.05) is 0 Å². The molecule has 1 aliphatic rings. The van der Waals surface area contributed by atoms with Crippen molar-refractivity contribution in [2.75, 3.05) is 19.7 Å². The highest BCUT2D eigenvalue weighted by atomic mass is 19.1. The van der Waals surface area contributed by atoms with Crippen molar-refractivity contribution >= 4 is 11.9 Å². The van der Waals surface area contributed by atoms with Crippen LogP contribution in [0.15, 0.2) is 24.3 Å². The monoisotopic (exact) mass is 364 g/mol. The van der Waals surface area contributed by atoms with E-state index in [0.29, 0.717) is 17.9 Å². The Kier molecular flexibility index (Phi) is 8.04. The van der Waals surface area contributed by atoms with E-state index >= 15 is 0 Å². The van der Waals surface area contributed by atoms with E-state index < -0.39 is 6.04 Å². The maximum absolute atomic E-state index is 13.2. The second kappa shape index (κ2) is 10.3. The van der Waals surface area contributed by atoms with Gasteiger partial charge in [0.05, 0.1) is 19.1 Å². The van der Waals surface area contributed by atoms with Gasteiger partial charge in [-0.15, -0.1) is 0 Å². The molecule has 0 aliphatic carbocycles. The van der Waals surface area contributed by atoms with E-state index in [9.17, 15) is 14.0 Å². The van der Waals surface area contributed by atoms with Crippen molar-refractivity contribution in [1.82, 2.24) is 10.6 Å². The first kappa shape index (κ1) is 20.4. The lowest BCUT2D eigenvalue weighted by atomic mass is 9.85. The normalized spacial score (nSPS) is 19.4. The van der Waals surface area contributed by atoms with Crippen LogP contribution in [-0.2, 0) is 14.3 Å². The number of piperidine rings is 1. The van der Waals surface area contributed by atoms with Crippen LogP contribution in [0.5, 0.6) is 0 Å². The third-order valence-electron chi connectivity index (χ3n) is 4.93. The molecule has 0 aromatic heterocycles. The molecule has 26 heavy (non-hydrogen) atoms. The number of esters is 1. The molecule has 1 aliphatic heterocycles. The summed E-state index contributed by atoms with van der Waals surface area (Å²) in [6.45, 7) is 6.10. The Balaban J connectivity index is 1.98. The van der Waals surface area contributed by atoms with E-state index in [4.69, 9.17) is 4.74 Å². The largest absolute Gasteiger partial charge is 0.466 e. The van der Waals surface area contributed by atoms with Gasteiger partial charge >= 0.3 is 5.97 Å². The molecule has 1 aromatic rings. The molecule has 0 spiro atoms. The predicted octanol–water partition coefficient (Wildman–Crippen LogP) is 2.96. The summed E-state index contributed by atoms with van der Waals surface area (Å²) in [4.78, 5) is 24.4. The van der Waals surface area contributed by atoms with E-state index in [2.05, 4.69) is 17.6 Å². The molecule has 0 radical (unpaired) electrons. The zero-order valence-electron chi connectivity index (χ0n) is 15.6. The van der Waals surface area contributed by atoms with Crippen LogP contribution in [0.1, 0.15) is 51.1 Å². The topological polar surface area (TPSA) is 67.4 Å². The minimum Gasteiger partial charge on any atom is -0.466 e. The number of hydrogen-bond donors (Lipinski definition) is 2. The van der Waals surface area contributed by atoms with Gasteiger partial charge in [-0.2, -0.15) is 0 Å². The maximum atomic E-state index is 13.2. The average Bonchev–Trinajstić information content (AvgIpc) is 2.62. The molecule has 0 bridgehead atoms. The van der Waals surface area contributed by atoms with Gasteiger partial charge in [-0.05, 0) is 62.4 Å². The number of rotatable bonds is 8. The fourth-order valence-corrected chi connectivity index (χ4v) is 3.41. The van der Waals surface area contributed by atoms with E-state index in [1.165, 1.54) is 12.1 Å². The molecule has 2 rings (SSSR count). The summed E-state index contributed by atoms with van der Waals surface area (Å²) in [6.07, 6.45) is 2.71. The number of nitrogens with one attached hydrogen (secondary N) is 2. The van der Waals surface area contributed by atoms with Gasteiger partial charge < -0.3 is 15.4 Å². The Hall–Kier alpha value is -1.95. The van der Waals surface area contributed by atoms with Crippen LogP contribution in [0.25, 0.3) is 0 Å². The molecular weight excluding hydrogens is 335 g/mol. The predicted molar refractivity (Wildman–Crippen MR) is 97.9 cm³/mol. The van der Waals surface area contributed by atoms with Gasteiger partial charge in [0, 0.05) is 6.42 Å². The number of ether oxygens (including phenoxy) is 1. The maximum Gasteiger partial charge on any atom is 0.308 e. The van der Waals surface area contributed by atoms with Gasteiger partial charge in [-0.1, -0.05) is 19.1 Å². The van der Waals surface area contributed by atoms with Crippen LogP contribution in [0.4, 0.5) is 4.39 Å². The van der Waals surface area contributed by atoms with Gasteiger partial charge in [0.15, 0.2) is 0 Å². The number of amides is 1. The third kappa shape index (κ3) is 6.41. The van der Waals surface area contributed by atoms with E-state index in [0.717, 1.165) is 25.9 Å². The average molecular weight is 364 g/mol.